The molecule has 2 heterocycles. The van der Waals surface area contributed by atoms with Crippen molar-refractivity contribution in [1.82, 2.24) is 4.90 Å². The molecule has 0 spiro atoms. The molecule has 0 bridgehead atoms. The Hall–Kier alpha value is -3.49. The lowest BCUT2D eigenvalue weighted by atomic mass is 10.1. The van der Waals surface area contributed by atoms with Gasteiger partial charge in [0.15, 0.2) is 30.6 Å². The van der Waals surface area contributed by atoms with E-state index < -0.39 is 30.1 Å². The highest BCUT2D eigenvalue weighted by Crippen LogP contribution is 2.35. The maximum Gasteiger partial charge on any atom is 0.265 e. The molecule has 2 aliphatic rings. The standard InChI is InChI=1S/C24H24F2N2O5/c1-15(24(31)27-9-3-2-4-10-27)28-19-11-16(5-7-22(19)33-14-23(28)30)20(29)13-32-21-8-6-17(25)12-18(21)26/h5-8,11-12,15H,2-4,9-10,13-14H2,1H3. The first-order valence-electron chi connectivity index (χ1n) is 10.8. The third-order valence-electron chi connectivity index (χ3n) is 5.83. The number of amides is 2. The van der Waals surface area contributed by atoms with E-state index in [0.717, 1.165) is 31.4 Å². The highest BCUT2D eigenvalue weighted by atomic mass is 19.1. The molecule has 2 aliphatic heterocycles. The minimum Gasteiger partial charge on any atom is -0.482 e. The number of hydrogen-bond acceptors (Lipinski definition) is 5. The van der Waals surface area contributed by atoms with Gasteiger partial charge in [0.2, 0.25) is 5.91 Å². The Morgan fingerprint density at radius 1 is 1.09 bits per heavy atom. The summed E-state index contributed by atoms with van der Waals surface area (Å²) >= 11 is 0. The number of hydrogen-bond donors (Lipinski definition) is 0. The number of ether oxygens (including phenoxy) is 2. The summed E-state index contributed by atoms with van der Waals surface area (Å²) in [4.78, 5) is 41.5. The monoisotopic (exact) mass is 458 g/mol. The van der Waals surface area contributed by atoms with Crippen LogP contribution in [0.15, 0.2) is 36.4 Å². The molecule has 7 nitrogen and oxygen atoms in total. The summed E-state index contributed by atoms with van der Waals surface area (Å²) in [5.74, 6) is -2.53. The minimum absolute atomic E-state index is 0.150. The molecule has 2 amide bonds. The van der Waals surface area contributed by atoms with Crippen LogP contribution in [0.25, 0.3) is 0 Å². The number of nitrogens with zero attached hydrogens (tertiary/aromatic N) is 2. The zero-order valence-electron chi connectivity index (χ0n) is 18.2. The Morgan fingerprint density at radius 2 is 1.85 bits per heavy atom. The molecule has 0 aliphatic carbocycles. The van der Waals surface area contributed by atoms with Crippen LogP contribution in [-0.2, 0) is 9.59 Å². The van der Waals surface area contributed by atoms with Crippen LogP contribution in [0.5, 0.6) is 11.5 Å². The Labute approximate surface area is 189 Å². The third kappa shape index (κ3) is 4.81. The van der Waals surface area contributed by atoms with Crippen LogP contribution >= 0.6 is 0 Å². The number of Topliss-reactive ketones (excluding diaryl/α,β-unsaturated/α-hetero) is 1. The number of anilines is 1. The molecule has 2 aromatic carbocycles. The van der Waals surface area contributed by atoms with Crippen LogP contribution in [0, 0.1) is 11.6 Å². The van der Waals surface area contributed by atoms with Crippen molar-refractivity contribution in [2.75, 3.05) is 31.2 Å². The van der Waals surface area contributed by atoms with E-state index in [1.54, 1.807) is 17.9 Å². The third-order valence-corrected chi connectivity index (χ3v) is 5.83. The summed E-state index contributed by atoms with van der Waals surface area (Å²) in [6, 6.07) is 6.58. The molecule has 0 N–H and O–H groups in total. The van der Waals surface area contributed by atoms with Crippen molar-refractivity contribution in [3.8, 4) is 11.5 Å². The quantitative estimate of drug-likeness (QED) is 0.621. The van der Waals surface area contributed by atoms with Crippen LogP contribution in [0.2, 0.25) is 0 Å². The molecule has 2 aromatic rings. The largest absolute Gasteiger partial charge is 0.482 e. The highest BCUT2D eigenvalue weighted by Gasteiger charge is 2.35. The van der Waals surface area contributed by atoms with Gasteiger partial charge in [-0.2, -0.15) is 0 Å². The van der Waals surface area contributed by atoms with Crippen LogP contribution in [0.3, 0.4) is 0 Å². The van der Waals surface area contributed by atoms with Gasteiger partial charge in [-0.25, -0.2) is 8.78 Å². The molecule has 174 valence electrons. The zero-order chi connectivity index (χ0) is 23.5. The SMILES string of the molecule is CC(C(=O)N1CCCCC1)N1C(=O)COc2ccc(C(=O)COc3ccc(F)cc3F)cc21. The molecule has 4 rings (SSSR count). The fourth-order valence-electron chi connectivity index (χ4n) is 4.08. The highest BCUT2D eigenvalue weighted by molar-refractivity contribution is 6.05. The molecule has 33 heavy (non-hydrogen) atoms. The van der Waals surface area contributed by atoms with E-state index in [0.29, 0.717) is 30.6 Å². The number of carbonyl (C=O) groups excluding carboxylic acids is 3. The Kier molecular flexibility index (Phi) is 6.57. The van der Waals surface area contributed by atoms with E-state index in [-0.39, 0.29) is 29.7 Å². The lowest BCUT2D eigenvalue weighted by molar-refractivity contribution is -0.135. The van der Waals surface area contributed by atoms with E-state index in [4.69, 9.17) is 9.47 Å². The van der Waals surface area contributed by atoms with Crippen LogP contribution < -0.4 is 14.4 Å². The summed E-state index contributed by atoms with van der Waals surface area (Å²) < 4.78 is 37.5. The predicted octanol–water partition coefficient (Wildman–Crippen LogP) is 3.35. The summed E-state index contributed by atoms with van der Waals surface area (Å²) in [6.45, 7) is 2.29. The second-order valence-electron chi connectivity index (χ2n) is 8.08. The smallest absolute Gasteiger partial charge is 0.265 e. The van der Waals surface area contributed by atoms with Gasteiger partial charge >= 0.3 is 0 Å². The van der Waals surface area contributed by atoms with Crippen molar-refractivity contribution >= 4 is 23.3 Å². The summed E-state index contributed by atoms with van der Waals surface area (Å²) in [5, 5.41) is 0. The molecule has 1 saturated heterocycles. The Balaban J connectivity index is 1.53. The van der Waals surface area contributed by atoms with Crippen molar-refractivity contribution in [2.45, 2.75) is 32.2 Å². The van der Waals surface area contributed by atoms with Gasteiger partial charge in [-0.05, 0) is 56.5 Å². The molecule has 0 radical (unpaired) electrons. The summed E-state index contributed by atoms with van der Waals surface area (Å²) in [5.41, 5.74) is 0.528. The van der Waals surface area contributed by atoms with Gasteiger partial charge in [-0.15, -0.1) is 0 Å². The lowest BCUT2D eigenvalue weighted by Gasteiger charge is -2.37. The van der Waals surface area contributed by atoms with Crippen LogP contribution in [0.1, 0.15) is 36.5 Å². The number of piperidine rings is 1. The number of fused-ring (bicyclic) bond motifs is 1. The lowest BCUT2D eigenvalue weighted by Crippen LogP contribution is -2.53. The molecular weight excluding hydrogens is 434 g/mol. The molecule has 0 aromatic heterocycles. The molecule has 1 atom stereocenters. The van der Waals surface area contributed by atoms with Crippen LogP contribution in [0.4, 0.5) is 14.5 Å². The molecule has 1 unspecified atom stereocenters. The van der Waals surface area contributed by atoms with E-state index >= 15 is 0 Å². The van der Waals surface area contributed by atoms with Crippen molar-refractivity contribution in [3.05, 3.63) is 53.6 Å². The second-order valence-corrected chi connectivity index (χ2v) is 8.08. The number of halogens is 2. The van der Waals surface area contributed by atoms with E-state index in [2.05, 4.69) is 0 Å². The van der Waals surface area contributed by atoms with Gasteiger partial charge in [0.1, 0.15) is 17.6 Å². The fraction of sp³-hybridized carbons (Fsp3) is 0.375. The second kappa shape index (κ2) is 9.56. The fourth-order valence-corrected chi connectivity index (χ4v) is 4.08. The van der Waals surface area contributed by atoms with E-state index in [1.807, 2.05) is 0 Å². The first kappa shape index (κ1) is 22.7. The van der Waals surface area contributed by atoms with E-state index in [1.165, 1.54) is 17.0 Å². The van der Waals surface area contributed by atoms with Gasteiger partial charge in [-0.1, -0.05) is 0 Å². The molecule has 9 heteroatoms. The number of ketones is 1. The molecule has 1 fully saturated rings. The van der Waals surface area contributed by atoms with Crippen molar-refractivity contribution < 1.29 is 32.6 Å². The van der Waals surface area contributed by atoms with Crippen molar-refractivity contribution in [3.63, 3.8) is 0 Å². The number of rotatable bonds is 6. The molecular formula is C24H24F2N2O5. The maximum absolute atomic E-state index is 13.8. The molecule has 0 saturated carbocycles. The van der Waals surface area contributed by atoms with Gasteiger partial charge < -0.3 is 14.4 Å². The van der Waals surface area contributed by atoms with Crippen LogP contribution in [-0.4, -0.2) is 54.8 Å². The number of benzene rings is 2. The average molecular weight is 458 g/mol. The average Bonchev–Trinajstić information content (AvgIpc) is 2.82. The van der Waals surface area contributed by atoms with Gasteiger partial charge in [0.25, 0.3) is 5.91 Å². The van der Waals surface area contributed by atoms with E-state index in [9.17, 15) is 23.2 Å². The van der Waals surface area contributed by atoms with Gasteiger partial charge in [0.05, 0.1) is 5.69 Å². The Morgan fingerprint density at radius 3 is 2.58 bits per heavy atom. The topological polar surface area (TPSA) is 76.2 Å². The summed E-state index contributed by atoms with van der Waals surface area (Å²) in [7, 11) is 0. The summed E-state index contributed by atoms with van der Waals surface area (Å²) in [6.07, 6.45) is 2.94. The van der Waals surface area contributed by atoms with Gasteiger partial charge in [0, 0.05) is 24.7 Å². The first-order valence-corrected chi connectivity index (χ1v) is 10.8. The van der Waals surface area contributed by atoms with Crippen molar-refractivity contribution in [1.29, 1.82) is 0 Å². The zero-order valence-corrected chi connectivity index (χ0v) is 18.2. The first-order chi connectivity index (χ1) is 15.8. The van der Waals surface area contributed by atoms with Gasteiger partial charge in [-0.3, -0.25) is 19.3 Å². The number of carbonyl (C=O) groups is 3. The normalized spacial score (nSPS) is 16.6. The predicted molar refractivity (Wildman–Crippen MR) is 115 cm³/mol. The maximum atomic E-state index is 13.8. The van der Waals surface area contributed by atoms with Crippen molar-refractivity contribution in [2.24, 2.45) is 0 Å². The number of likely N-dealkylation sites (tertiary alicyclic amines) is 1. The minimum atomic E-state index is -0.913. The Bertz CT molecular complexity index is 1080.